The molecule has 3 rings (SSSR count). The van der Waals surface area contributed by atoms with Gasteiger partial charge in [-0.3, -0.25) is 0 Å². The van der Waals surface area contributed by atoms with E-state index in [0.717, 1.165) is 24.2 Å². The van der Waals surface area contributed by atoms with Crippen LogP contribution in [0.1, 0.15) is 17.5 Å². The molecular weight excluding hydrogens is 268 g/mol. The van der Waals surface area contributed by atoms with Crippen LogP contribution in [0.25, 0.3) is 0 Å². The van der Waals surface area contributed by atoms with Gasteiger partial charge in [-0.15, -0.1) is 0 Å². The SMILES string of the molecule is COC(=O)C1(Cl)OC12CCc1ccc(OC)cc1C2. The summed E-state index contributed by atoms with van der Waals surface area (Å²) in [5.74, 6) is 0.287. The summed E-state index contributed by atoms with van der Waals surface area (Å²) >= 11 is 6.24. The standard InChI is InChI=1S/C14H15ClO4/c1-17-11-4-3-9-5-6-13(8-10(9)7-11)14(15,19-13)12(16)18-2/h3-4,7H,5-6,8H2,1-2H3. The van der Waals surface area contributed by atoms with Crippen LogP contribution >= 0.6 is 11.6 Å². The molecular formula is C14H15ClO4. The summed E-state index contributed by atoms with van der Waals surface area (Å²) in [6.07, 6.45) is 2.17. The number of aryl methyl sites for hydroxylation is 1. The topological polar surface area (TPSA) is 48.1 Å². The maximum atomic E-state index is 11.7. The van der Waals surface area contributed by atoms with E-state index >= 15 is 0 Å². The Bertz CT molecular complexity index is 544. The zero-order valence-corrected chi connectivity index (χ0v) is 11.6. The predicted octanol–water partition coefficient (Wildman–Crippen LogP) is 2.06. The fraction of sp³-hybridized carbons (Fsp3) is 0.500. The van der Waals surface area contributed by atoms with Crippen molar-refractivity contribution in [3.63, 3.8) is 0 Å². The Morgan fingerprint density at radius 2 is 2.16 bits per heavy atom. The molecule has 0 bridgehead atoms. The molecule has 0 N–H and O–H groups in total. The number of halogens is 1. The third kappa shape index (κ3) is 1.74. The van der Waals surface area contributed by atoms with Gasteiger partial charge < -0.3 is 14.2 Å². The molecule has 4 nitrogen and oxygen atoms in total. The Kier molecular flexibility index (Phi) is 2.76. The maximum absolute atomic E-state index is 11.7. The Hall–Kier alpha value is -1.26. The van der Waals surface area contributed by atoms with Crippen molar-refractivity contribution < 1.29 is 19.0 Å². The van der Waals surface area contributed by atoms with Gasteiger partial charge in [-0.05, 0) is 36.1 Å². The third-order valence-corrected chi connectivity index (χ3v) is 4.59. The first-order valence-corrected chi connectivity index (χ1v) is 6.56. The first kappa shape index (κ1) is 12.8. The van der Waals surface area contributed by atoms with Crippen LogP contribution in [0.15, 0.2) is 18.2 Å². The Morgan fingerprint density at radius 3 is 2.84 bits per heavy atom. The summed E-state index contributed by atoms with van der Waals surface area (Å²) in [5, 5.41) is -1.32. The highest BCUT2D eigenvalue weighted by atomic mass is 35.5. The van der Waals surface area contributed by atoms with Gasteiger partial charge in [0, 0.05) is 6.42 Å². The van der Waals surface area contributed by atoms with E-state index in [0.29, 0.717) is 6.42 Å². The van der Waals surface area contributed by atoms with E-state index in [1.165, 1.54) is 12.7 Å². The molecule has 5 heteroatoms. The van der Waals surface area contributed by atoms with Crippen LogP contribution in [0.3, 0.4) is 0 Å². The lowest BCUT2D eigenvalue weighted by molar-refractivity contribution is -0.143. The molecule has 19 heavy (non-hydrogen) atoms. The fourth-order valence-corrected chi connectivity index (χ4v) is 3.22. The van der Waals surface area contributed by atoms with Gasteiger partial charge in [-0.2, -0.15) is 0 Å². The zero-order chi connectivity index (χ0) is 13.7. The molecule has 1 aromatic rings. The van der Waals surface area contributed by atoms with E-state index in [2.05, 4.69) is 6.07 Å². The first-order valence-electron chi connectivity index (χ1n) is 6.18. The summed E-state index contributed by atoms with van der Waals surface area (Å²) in [4.78, 5) is 11.7. The molecule has 0 aromatic heterocycles. The highest BCUT2D eigenvalue weighted by Crippen LogP contribution is 2.58. The number of hydrogen-bond acceptors (Lipinski definition) is 4. The largest absolute Gasteiger partial charge is 0.497 e. The fourth-order valence-electron chi connectivity index (χ4n) is 2.83. The quantitative estimate of drug-likeness (QED) is 0.473. The van der Waals surface area contributed by atoms with Gasteiger partial charge in [0.2, 0.25) is 0 Å². The molecule has 0 saturated carbocycles. The number of carbonyl (C=O) groups is 1. The average molecular weight is 283 g/mol. The molecule has 102 valence electrons. The number of benzene rings is 1. The first-order chi connectivity index (χ1) is 9.04. The average Bonchev–Trinajstić information content (AvgIpc) is 3.02. The Labute approximate surface area is 116 Å². The normalized spacial score (nSPS) is 31.7. The van der Waals surface area contributed by atoms with E-state index in [1.54, 1.807) is 7.11 Å². The minimum Gasteiger partial charge on any atom is -0.497 e. The van der Waals surface area contributed by atoms with E-state index in [1.807, 2.05) is 12.1 Å². The molecule has 1 aromatic carbocycles. The number of epoxide rings is 1. The molecule has 0 amide bonds. The van der Waals surface area contributed by atoms with Gasteiger partial charge in [0.05, 0.1) is 14.2 Å². The van der Waals surface area contributed by atoms with Crippen LogP contribution in [-0.2, 0) is 27.1 Å². The van der Waals surface area contributed by atoms with Crippen molar-refractivity contribution in [1.29, 1.82) is 0 Å². The number of methoxy groups -OCH3 is 2. The van der Waals surface area contributed by atoms with Crippen LogP contribution in [0, 0.1) is 0 Å². The number of ether oxygens (including phenoxy) is 3. The zero-order valence-electron chi connectivity index (χ0n) is 10.9. The molecule has 1 saturated heterocycles. The maximum Gasteiger partial charge on any atom is 0.357 e. The molecule has 1 spiro atoms. The van der Waals surface area contributed by atoms with Crippen molar-refractivity contribution in [3.8, 4) is 5.75 Å². The number of alkyl halides is 1. The molecule has 2 atom stereocenters. The van der Waals surface area contributed by atoms with Crippen LogP contribution < -0.4 is 4.74 Å². The Balaban J connectivity index is 1.89. The minimum absolute atomic E-state index is 0.513. The second-order valence-corrected chi connectivity index (χ2v) is 5.53. The molecule has 1 aliphatic carbocycles. The van der Waals surface area contributed by atoms with E-state index in [9.17, 15) is 4.79 Å². The molecule has 2 aliphatic rings. The minimum atomic E-state index is -1.32. The van der Waals surface area contributed by atoms with Gasteiger partial charge >= 0.3 is 5.97 Å². The van der Waals surface area contributed by atoms with Crippen LogP contribution in [-0.4, -0.2) is 30.9 Å². The number of fused-ring (bicyclic) bond motifs is 1. The number of carbonyl (C=O) groups excluding carboxylic acids is 1. The van der Waals surface area contributed by atoms with Crippen LogP contribution in [0.5, 0.6) is 5.75 Å². The van der Waals surface area contributed by atoms with Gasteiger partial charge in [0.15, 0.2) is 0 Å². The molecule has 1 fully saturated rings. The summed E-state index contributed by atoms with van der Waals surface area (Å²) in [7, 11) is 2.95. The smallest absolute Gasteiger partial charge is 0.357 e. The van der Waals surface area contributed by atoms with Crippen molar-refractivity contribution in [2.75, 3.05) is 14.2 Å². The summed E-state index contributed by atoms with van der Waals surface area (Å²) < 4.78 is 15.5. The highest BCUT2D eigenvalue weighted by Gasteiger charge is 2.75. The lowest BCUT2D eigenvalue weighted by Crippen LogP contribution is -2.34. The van der Waals surface area contributed by atoms with E-state index in [-0.39, 0.29) is 0 Å². The molecule has 1 heterocycles. The van der Waals surface area contributed by atoms with Gasteiger partial charge in [-0.25, -0.2) is 4.79 Å². The van der Waals surface area contributed by atoms with E-state index in [4.69, 9.17) is 25.8 Å². The van der Waals surface area contributed by atoms with Crippen LogP contribution in [0.2, 0.25) is 0 Å². The van der Waals surface area contributed by atoms with E-state index < -0.39 is 16.6 Å². The van der Waals surface area contributed by atoms with Crippen molar-refractivity contribution in [3.05, 3.63) is 29.3 Å². The second kappa shape index (κ2) is 4.12. The second-order valence-electron chi connectivity index (χ2n) is 4.99. The predicted molar refractivity (Wildman–Crippen MR) is 69.4 cm³/mol. The summed E-state index contributed by atoms with van der Waals surface area (Å²) in [6, 6.07) is 5.98. The number of esters is 1. The highest BCUT2D eigenvalue weighted by molar-refractivity contribution is 6.36. The van der Waals surface area contributed by atoms with Gasteiger partial charge in [0.1, 0.15) is 11.4 Å². The third-order valence-electron chi connectivity index (χ3n) is 4.02. The summed E-state index contributed by atoms with van der Waals surface area (Å²) in [6.45, 7) is 0. The van der Waals surface area contributed by atoms with Crippen molar-refractivity contribution in [2.24, 2.45) is 0 Å². The lowest BCUT2D eigenvalue weighted by atomic mass is 9.81. The van der Waals surface area contributed by atoms with Crippen LogP contribution in [0.4, 0.5) is 0 Å². The van der Waals surface area contributed by atoms with Gasteiger partial charge in [-0.1, -0.05) is 17.7 Å². The molecule has 1 aliphatic heterocycles. The Morgan fingerprint density at radius 1 is 1.37 bits per heavy atom. The van der Waals surface area contributed by atoms with Crippen molar-refractivity contribution >= 4 is 17.6 Å². The van der Waals surface area contributed by atoms with Gasteiger partial charge in [0.25, 0.3) is 5.06 Å². The molecule has 0 radical (unpaired) electrons. The summed E-state index contributed by atoms with van der Waals surface area (Å²) in [5.41, 5.74) is 1.75. The lowest BCUT2D eigenvalue weighted by Gasteiger charge is -2.23. The molecule has 2 unspecified atom stereocenters. The number of rotatable bonds is 2. The van der Waals surface area contributed by atoms with Crippen molar-refractivity contribution in [1.82, 2.24) is 0 Å². The van der Waals surface area contributed by atoms with Crippen molar-refractivity contribution in [2.45, 2.75) is 29.9 Å². The monoisotopic (exact) mass is 282 g/mol. The number of hydrogen-bond donors (Lipinski definition) is 0.